The summed E-state index contributed by atoms with van der Waals surface area (Å²) in [5.74, 6) is 0. The summed E-state index contributed by atoms with van der Waals surface area (Å²) in [6, 6.07) is 7.34. The zero-order valence-corrected chi connectivity index (χ0v) is 16.5. The Hall–Kier alpha value is -0.443. The lowest BCUT2D eigenvalue weighted by Gasteiger charge is -2.28. The molecule has 0 aliphatic rings. The van der Waals surface area contributed by atoms with Crippen LogP contribution >= 0.6 is 10.7 Å². The number of benzene rings is 1. The van der Waals surface area contributed by atoms with Crippen molar-refractivity contribution in [2.24, 2.45) is 0 Å². The van der Waals surface area contributed by atoms with Crippen LogP contribution in [0.4, 0.5) is 0 Å². The average molecular weight is 381 g/mol. The number of halogens is 1. The lowest BCUT2D eigenvalue weighted by molar-refractivity contribution is 0.0708. The van der Waals surface area contributed by atoms with Gasteiger partial charge in [0.2, 0.25) is 0 Å². The fraction of sp³-hybridized carbons (Fsp3) is 0.600. The molecule has 0 saturated carbocycles. The Morgan fingerprint density at radius 3 is 1.83 bits per heavy atom. The van der Waals surface area contributed by atoms with Crippen molar-refractivity contribution in [3.63, 3.8) is 0 Å². The average Bonchev–Trinajstić information content (AvgIpc) is 2.48. The van der Waals surface area contributed by atoms with E-state index in [1.54, 1.807) is 12.1 Å². The first-order chi connectivity index (χ1) is 10.9. The number of rotatable bonds is 11. The zero-order chi connectivity index (χ0) is 17.3. The third kappa shape index (κ3) is 6.90. The molecule has 0 atom stereocenters. The number of hydrogen-bond donors (Lipinski definition) is 0. The Morgan fingerprint density at radius 2 is 1.43 bits per heavy atom. The van der Waals surface area contributed by atoms with Gasteiger partial charge in [0.15, 0.2) is 0 Å². The molecule has 0 unspecified atom stereocenters. The molecule has 1 aromatic rings. The standard InChI is InChI=1S/C15H25ClO5SSi/c1-4-19-23(20-5-2,21-6-3)13-7-8-14-9-11-15(12-10-14)22(16,17)18/h9-12H,4-8,13H2,1-3H3. The van der Waals surface area contributed by atoms with Crippen LogP contribution in [0, 0.1) is 0 Å². The van der Waals surface area contributed by atoms with Crippen molar-refractivity contribution in [1.29, 1.82) is 0 Å². The Kier molecular flexibility index (Phi) is 8.74. The van der Waals surface area contributed by atoms with E-state index in [1.807, 2.05) is 20.8 Å². The molecule has 0 amide bonds. The summed E-state index contributed by atoms with van der Waals surface area (Å²) < 4.78 is 39.9. The largest absolute Gasteiger partial charge is 0.500 e. The van der Waals surface area contributed by atoms with Crippen LogP contribution in [-0.2, 0) is 28.7 Å². The van der Waals surface area contributed by atoms with Crippen molar-refractivity contribution >= 4 is 28.5 Å². The molecule has 0 fully saturated rings. The molecular weight excluding hydrogens is 356 g/mol. The fourth-order valence-electron chi connectivity index (χ4n) is 2.33. The summed E-state index contributed by atoms with van der Waals surface area (Å²) >= 11 is 0. The molecule has 0 saturated heterocycles. The second kappa shape index (κ2) is 9.76. The number of hydrogen-bond acceptors (Lipinski definition) is 5. The van der Waals surface area contributed by atoms with Gasteiger partial charge in [0.25, 0.3) is 9.05 Å². The summed E-state index contributed by atoms with van der Waals surface area (Å²) in [5.41, 5.74) is 1.04. The SMILES string of the molecule is CCO[Si](CCCc1ccc(S(=O)(=O)Cl)cc1)(OCC)OCC. The summed E-state index contributed by atoms with van der Waals surface area (Å²) in [6.45, 7) is 7.50. The highest BCUT2D eigenvalue weighted by Gasteiger charge is 2.39. The van der Waals surface area contributed by atoms with Crippen LogP contribution in [0.5, 0.6) is 0 Å². The second-order valence-electron chi connectivity index (χ2n) is 4.92. The number of aryl methyl sites for hydroxylation is 1. The van der Waals surface area contributed by atoms with Gasteiger partial charge in [-0.05, 0) is 51.3 Å². The predicted octanol–water partition coefficient (Wildman–Crippen LogP) is 3.60. The van der Waals surface area contributed by atoms with Gasteiger partial charge in [-0.15, -0.1) is 0 Å². The molecule has 0 radical (unpaired) electrons. The van der Waals surface area contributed by atoms with Crippen LogP contribution in [0.1, 0.15) is 32.8 Å². The maximum absolute atomic E-state index is 11.2. The quantitative estimate of drug-likeness (QED) is 0.433. The molecular formula is C15H25ClO5SSi. The fourth-order valence-corrected chi connectivity index (χ4v) is 5.71. The summed E-state index contributed by atoms with van der Waals surface area (Å²) in [5, 5.41) is 0. The van der Waals surface area contributed by atoms with E-state index in [1.165, 1.54) is 12.1 Å². The van der Waals surface area contributed by atoms with Gasteiger partial charge in [-0.25, -0.2) is 8.42 Å². The van der Waals surface area contributed by atoms with Gasteiger partial charge in [0, 0.05) is 36.5 Å². The summed E-state index contributed by atoms with van der Waals surface area (Å²) in [7, 11) is -0.966. The van der Waals surface area contributed by atoms with E-state index < -0.39 is 17.9 Å². The molecule has 0 aliphatic carbocycles. The van der Waals surface area contributed by atoms with Gasteiger partial charge in [-0.3, -0.25) is 0 Å². The van der Waals surface area contributed by atoms with Gasteiger partial charge in [-0.1, -0.05) is 12.1 Å². The minimum atomic E-state index is -3.67. The Labute approximate surface area is 144 Å². The first-order valence-electron chi connectivity index (χ1n) is 7.82. The third-order valence-corrected chi connectivity index (χ3v) is 7.77. The van der Waals surface area contributed by atoms with Crippen LogP contribution in [0.25, 0.3) is 0 Å². The monoisotopic (exact) mass is 380 g/mol. The molecule has 0 bridgehead atoms. The Morgan fingerprint density at radius 1 is 0.957 bits per heavy atom. The smallest absolute Gasteiger partial charge is 0.374 e. The lowest BCUT2D eigenvalue weighted by Crippen LogP contribution is -2.46. The second-order valence-corrected chi connectivity index (χ2v) is 10.2. The van der Waals surface area contributed by atoms with E-state index >= 15 is 0 Å². The highest BCUT2D eigenvalue weighted by molar-refractivity contribution is 8.13. The lowest BCUT2D eigenvalue weighted by atomic mass is 10.1. The summed E-state index contributed by atoms with van der Waals surface area (Å²) in [4.78, 5) is 0.115. The van der Waals surface area contributed by atoms with E-state index in [0.717, 1.165) is 24.4 Å². The Bertz CT molecular complexity index is 545. The van der Waals surface area contributed by atoms with Crippen molar-refractivity contribution in [2.45, 2.75) is 44.6 Å². The molecule has 0 heterocycles. The van der Waals surface area contributed by atoms with Gasteiger partial charge >= 0.3 is 8.80 Å². The molecule has 1 rings (SSSR count). The highest BCUT2D eigenvalue weighted by Crippen LogP contribution is 2.21. The van der Waals surface area contributed by atoms with E-state index in [2.05, 4.69) is 0 Å². The molecule has 0 spiro atoms. The van der Waals surface area contributed by atoms with Crippen molar-refractivity contribution in [3.8, 4) is 0 Å². The minimum absolute atomic E-state index is 0.115. The topological polar surface area (TPSA) is 61.8 Å². The zero-order valence-electron chi connectivity index (χ0n) is 13.9. The van der Waals surface area contributed by atoms with Crippen LogP contribution in [0.3, 0.4) is 0 Å². The van der Waals surface area contributed by atoms with Crippen LogP contribution in [0.15, 0.2) is 29.2 Å². The van der Waals surface area contributed by atoms with Crippen molar-refractivity contribution in [1.82, 2.24) is 0 Å². The normalized spacial score (nSPS) is 12.5. The molecule has 0 N–H and O–H groups in total. The molecule has 132 valence electrons. The predicted molar refractivity (Wildman–Crippen MR) is 93.2 cm³/mol. The van der Waals surface area contributed by atoms with E-state index in [0.29, 0.717) is 19.8 Å². The van der Waals surface area contributed by atoms with Crippen molar-refractivity contribution < 1.29 is 21.7 Å². The molecule has 23 heavy (non-hydrogen) atoms. The van der Waals surface area contributed by atoms with E-state index in [4.69, 9.17) is 24.0 Å². The van der Waals surface area contributed by atoms with Gasteiger partial charge in [0.1, 0.15) is 0 Å². The van der Waals surface area contributed by atoms with E-state index in [9.17, 15) is 8.42 Å². The maximum atomic E-state index is 11.2. The van der Waals surface area contributed by atoms with Gasteiger partial charge < -0.3 is 13.3 Å². The van der Waals surface area contributed by atoms with Gasteiger partial charge in [0.05, 0.1) is 4.90 Å². The molecule has 1 aromatic carbocycles. The van der Waals surface area contributed by atoms with Crippen LogP contribution < -0.4 is 0 Å². The van der Waals surface area contributed by atoms with E-state index in [-0.39, 0.29) is 4.90 Å². The van der Waals surface area contributed by atoms with Gasteiger partial charge in [-0.2, -0.15) is 0 Å². The van der Waals surface area contributed by atoms with Crippen LogP contribution in [-0.4, -0.2) is 37.0 Å². The third-order valence-electron chi connectivity index (χ3n) is 3.25. The first-order valence-corrected chi connectivity index (χ1v) is 12.1. The maximum Gasteiger partial charge on any atom is 0.500 e. The molecule has 5 nitrogen and oxygen atoms in total. The van der Waals surface area contributed by atoms with Crippen molar-refractivity contribution in [3.05, 3.63) is 29.8 Å². The first kappa shape index (κ1) is 20.6. The summed E-state index contributed by atoms with van der Waals surface area (Å²) in [6.07, 6.45) is 1.64. The minimum Gasteiger partial charge on any atom is -0.374 e. The van der Waals surface area contributed by atoms with Crippen molar-refractivity contribution in [2.75, 3.05) is 19.8 Å². The Balaban J connectivity index is 2.65. The van der Waals surface area contributed by atoms with Crippen LogP contribution in [0.2, 0.25) is 6.04 Å². The molecule has 8 heteroatoms. The molecule has 0 aromatic heterocycles. The molecule has 0 aliphatic heterocycles. The highest BCUT2D eigenvalue weighted by atomic mass is 35.7.